The van der Waals surface area contributed by atoms with Gasteiger partial charge in [0.15, 0.2) is 0 Å². The Morgan fingerprint density at radius 3 is 2.28 bits per heavy atom. The van der Waals surface area contributed by atoms with E-state index in [9.17, 15) is 0 Å². The molecular formula is C23H40O5Si. The molecule has 0 N–H and O–H groups in total. The molecule has 1 aliphatic rings. The Kier molecular flexibility index (Phi) is 10.1. The van der Waals surface area contributed by atoms with Crippen LogP contribution >= 0.6 is 0 Å². The number of hydrogen-bond donors (Lipinski definition) is 0. The van der Waals surface area contributed by atoms with E-state index in [1.165, 1.54) is 24.8 Å². The van der Waals surface area contributed by atoms with Gasteiger partial charge in [0.1, 0.15) is 5.75 Å². The summed E-state index contributed by atoms with van der Waals surface area (Å²) in [6.45, 7) is 12.7. The molecule has 1 heterocycles. The average molecular weight is 425 g/mol. The minimum atomic E-state index is -2.62. The monoisotopic (exact) mass is 424 g/mol. The Hall–Kier alpha value is -0.923. The van der Waals surface area contributed by atoms with Gasteiger partial charge in [0.25, 0.3) is 0 Å². The summed E-state index contributed by atoms with van der Waals surface area (Å²) in [7, 11) is -2.62. The third kappa shape index (κ3) is 7.37. The van der Waals surface area contributed by atoms with Crippen LogP contribution in [0.15, 0.2) is 18.2 Å². The van der Waals surface area contributed by atoms with E-state index in [2.05, 4.69) is 32.0 Å². The SMILES string of the molecule is CCCCCCC1(C)OCc2cc(CC[Si](OCC)(OCC)OCC)ccc2O1. The quantitative estimate of drug-likeness (QED) is 0.276. The molecule has 166 valence electrons. The molecule has 1 aromatic rings. The van der Waals surface area contributed by atoms with Crippen molar-refractivity contribution in [1.29, 1.82) is 0 Å². The Bertz CT molecular complexity index is 592. The molecule has 1 unspecified atom stereocenters. The fourth-order valence-electron chi connectivity index (χ4n) is 3.79. The van der Waals surface area contributed by atoms with Crippen LogP contribution in [0.2, 0.25) is 6.04 Å². The van der Waals surface area contributed by atoms with Gasteiger partial charge < -0.3 is 22.8 Å². The van der Waals surface area contributed by atoms with Gasteiger partial charge in [-0.1, -0.05) is 32.3 Å². The fraction of sp³-hybridized carbons (Fsp3) is 0.739. The molecule has 29 heavy (non-hydrogen) atoms. The lowest BCUT2D eigenvalue weighted by Crippen LogP contribution is -2.46. The Morgan fingerprint density at radius 1 is 0.966 bits per heavy atom. The predicted octanol–water partition coefficient (Wildman–Crippen LogP) is 5.87. The molecule has 1 aromatic carbocycles. The standard InChI is InChI=1S/C23H40O5Si/c1-6-10-11-12-16-23(5)24-19-21-18-20(13-14-22(21)28-23)15-17-29(25-7-2,26-8-3)27-9-4/h13-14,18H,6-12,15-17,19H2,1-5H3. The highest BCUT2D eigenvalue weighted by Gasteiger charge is 2.40. The predicted molar refractivity (Wildman–Crippen MR) is 118 cm³/mol. The lowest BCUT2D eigenvalue weighted by molar-refractivity contribution is -0.198. The molecule has 1 aliphatic heterocycles. The lowest BCUT2D eigenvalue weighted by atomic mass is 10.0. The van der Waals surface area contributed by atoms with Crippen molar-refractivity contribution in [2.45, 2.75) is 91.6 Å². The van der Waals surface area contributed by atoms with Gasteiger partial charge in [-0.05, 0) is 51.3 Å². The van der Waals surface area contributed by atoms with Gasteiger partial charge in [0.2, 0.25) is 5.79 Å². The summed E-state index contributed by atoms with van der Waals surface area (Å²) in [4.78, 5) is 0. The van der Waals surface area contributed by atoms with Crippen molar-refractivity contribution in [3.8, 4) is 5.75 Å². The highest BCUT2D eigenvalue weighted by Crippen LogP contribution is 2.35. The van der Waals surface area contributed by atoms with Crippen molar-refractivity contribution >= 4 is 8.80 Å². The summed E-state index contributed by atoms with van der Waals surface area (Å²) < 4.78 is 30.2. The van der Waals surface area contributed by atoms with Crippen LogP contribution < -0.4 is 4.74 Å². The zero-order chi connectivity index (χ0) is 21.2. The number of aryl methyl sites for hydroxylation is 1. The highest BCUT2D eigenvalue weighted by molar-refractivity contribution is 6.60. The van der Waals surface area contributed by atoms with E-state index in [0.29, 0.717) is 26.4 Å². The maximum Gasteiger partial charge on any atom is 0.501 e. The second-order valence-electron chi connectivity index (χ2n) is 7.76. The number of fused-ring (bicyclic) bond motifs is 1. The van der Waals surface area contributed by atoms with Crippen LogP contribution in [-0.4, -0.2) is 34.4 Å². The van der Waals surface area contributed by atoms with Crippen LogP contribution in [0.1, 0.15) is 77.8 Å². The van der Waals surface area contributed by atoms with E-state index in [-0.39, 0.29) is 0 Å². The van der Waals surface area contributed by atoms with E-state index in [1.54, 1.807) is 0 Å². The Morgan fingerprint density at radius 2 is 1.66 bits per heavy atom. The van der Waals surface area contributed by atoms with Crippen LogP contribution in [0.5, 0.6) is 5.75 Å². The molecule has 5 nitrogen and oxygen atoms in total. The van der Waals surface area contributed by atoms with Gasteiger partial charge in [-0.2, -0.15) is 0 Å². The smallest absolute Gasteiger partial charge is 0.462 e. The first kappa shape index (κ1) is 24.3. The van der Waals surface area contributed by atoms with Crippen molar-refractivity contribution in [3.63, 3.8) is 0 Å². The summed E-state index contributed by atoms with van der Waals surface area (Å²) in [6, 6.07) is 7.20. The van der Waals surface area contributed by atoms with E-state index >= 15 is 0 Å². The Labute approximate surface area is 178 Å². The number of hydrogen-bond acceptors (Lipinski definition) is 5. The zero-order valence-electron chi connectivity index (χ0n) is 19.1. The molecule has 0 spiro atoms. The third-order valence-electron chi connectivity index (χ3n) is 5.28. The maximum absolute atomic E-state index is 6.23. The van der Waals surface area contributed by atoms with Crippen LogP contribution in [0, 0.1) is 0 Å². The first-order chi connectivity index (χ1) is 14.0. The molecule has 0 aromatic heterocycles. The molecule has 0 aliphatic carbocycles. The van der Waals surface area contributed by atoms with Crippen LogP contribution in [0.4, 0.5) is 0 Å². The Balaban J connectivity index is 1.98. The minimum Gasteiger partial charge on any atom is -0.462 e. The minimum absolute atomic E-state index is 0.511. The zero-order valence-corrected chi connectivity index (χ0v) is 20.1. The fourth-order valence-corrected chi connectivity index (χ4v) is 6.39. The number of unbranched alkanes of at least 4 members (excludes halogenated alkanes) is 3. The highest BCUT2D eigenvalue weighted by atomic mass is 28.4. The summed E-state index contributed by atoms with van der Waals surface area (Å²) in [5, 5.41) is 0. The molecule has 0 radical (unpaired) electrons. The molecule has 6 heteroatoms. The molecule has 0 fully saturated rings. The van der Waals surface area contributed by atoms with Gasteiger partial charge in [-0.3, -0.25) is 0 Å². The van der Waals surface area contributed by atoms with Gasteiger partial charge in [0, 0.05) is 44.8 Å². The first-order valence-corrected chi connectivity index (χ1v) is 13.3. The average Bonchev–Trinajstić information content (AvgIpc) is 2.70. The van der Waals surface area contributed by atoms with Crippen molar-refractivity contribution in [2.75, 3.05) is 19.8 Å². The molecule has 2 rings (SSSR count). The van der Waals surface area contributed by atoms with E-state index in [1.807, 2.05) is 20.8 Å². The van der Waals surface area contributed by atoms with E-state index < -0.39 is 14.6 Å². The van der Waals surface area contributed by atoms with Gasteiger partial charge in [-0.25, -0.2) is 0 Å². The number of ether oxygens (including phenoxy) is 2. The molecule has 0 saturated carbocycles. The molecule has 1 atom stereocenters. The molecule has 0 bridgehead atoms. The van der Waals surface area contributed by atoms with Crippen LogP contribution in [0.3, 0.4) is 0 Å². The topological polar surface area (TPSA) is 46.2 Å². The van der Waals surface area contributed by atoms with Gasteiger partial charge >= 0.3 is 8.80 Å². The summed E-state index contributed by atoms with van der Waals surface area (Å²) >= 11 is 0. The van der Waals surface area contributed by atoms with Crippen molar-refractivity contribution in [2.24, 2.45) is 0 Å². The normalized spacial score (nSPS) is 19.1. The van der Waals surface area contributed by atoms with Crippen LogP contribution in [0.25, 0.3) is 0 Å². The van der Waals surface area contributed by atoms with E-state index in [0.717, 1.165) is 36.6 Å². The van der Waals surface area contributed by atoms with Crippen molar-refractivity contribution in [1.82, 2.24) is 0 Å². The lowest BCUT2D eigenvalue weighted by Gasteiger charge is -2.36. The number of rotatable bonds is 14. The third-order valence-corrected chi connectivity index (χ3v) is 8.33. The van der Waals surface area contributed by atoms with Crippen LogP contribution in [-0.2, 0) is 31.0 Å². The van der Waals surface area contributed by atoms with Crippen molar-refractivity contribution in [3.05, 3.63) is 29.3 Å². The van der Waals surface area contributed by atoms with Crippen molar-refractivity contribution < 1.29 is 22.8 Å². The summed E-state index contributed by atoms with van der Waals surface area (Å²) in [6.07, 6.45) is 6.66. The molecule has 0 saturated heterocycles. The second-order valence-corrected chi connectivity index (χ2v) is 10.5. The van der Waals surface area contributed by atoms with Gasteiger partial charge in [0.05, 0.1) is 6.61 Å². The molecular weight excluding hydrogens is 384 g/mol. The van der Waals surface area contributed by atoms with E-state index in [4.69, 9.17) is 22.8 Å². The van der Waals surface area contributed by atoms with Gasteiger partial charge in [-0.15, -0.1) is 0 Å². The largest absolute Gasteiger partial charge is 0.501 e. The summed E-state index contributed by atoms with van der Waals surface area (Å²) in [5.74, 6) is 0.435. The molecule has 0 amide bonds. The number of benzene rings is 1. The summed E-state index contributed by atoms with van der Waals surface area (Å²) in [5.41, 5.74) is 2.35. The first-order valence-electron chi connectivity index (χ1n) is 11.4. The maximum atomic E-state index is 6.23. The second kappa shape index (κ2) is 12.1.